The number of hydrogen-bond acceptors (Lipinski definition) is 7. The molecule has 9 heteroatoms. The maximum atomic E-state index is 11.0. The number of hydrogen-bond donors (Lipinski definition) is 4. The summed E-state index contributed by atoms with van der Waals surface area (Å²) in [5.74, 6) is 0. The molecule has 1 heterocycles. The zero-order valence-electron chi connectivity index (χ0n) is 7.89. The first kappa shape index (κ1) is 13.0. The number of phosphoric acid groups is 1. The highest BCUT2D eigenvalue weighted by molar-refractivity contribution is 7.47. The summed E-state index contributed by atoms with van der Waals surface area (Å²) in [7, 11) is -3.35. The molecule has 0 bridgehead atoms. The highest BCUT2D eigenvalue weighted by atomic mass is 31.2. The van der Waals surface area contributed by atoms with Crippen molar-refractivity contribution in [1.29, 1.82) is 0 Å². The average Bonchev–Trinajstić information content (AvgIpc) is 2.45. The smallest absolute Gasteiger partial charge is 0.394 e. The molecule has 1 aliphatic rings. The standard InChI is InChI=1S/C6H13O8P/c1-12-15(10,11)14-5-3(2-7)13-6(9)4(5)8/h3-9H,2H2,1H3,(H,10,11)/t3-,4-,5-,6-/m1/s1. The number of phosphoric ester groups is 1. The molecule has 0 spiro atoms. The Morgan fingerprint density at radius 3 is 2.53 bits per heavy atom. The van der Waals surface area contributed by atoms with Gasteiger partial charge in [-0.1, -0.05) is 0 Å². The normalized spacial score (nSPS) is 40.3. The summed E-state index contributed by atoms with van der Waals surface area (Å²) in [6.07, 6.45) is -5.48. The van der Waals surface area contributed by atoms with Crippen LogP contribution in [0.15, 0.2) is 0 Å². The van der Waals surface area contributed by atoms with Crippen LogP contribution < -0.4 is 0 Å². The van der Waals surface area contributed by atoms with Crippen LogP contribution in [0.3, 0.4) is 0 Å². The SMILES string of the molecule is COP(=O)(O)O[C@H]1[C@@H](O)[C@H](O)O[C@@H]1CO. The van der Waals surface area contributed by atoms with E-state index in [0.29, 0.717) is 0 Å². The molecule has 90 valence electrons. The Bertz CT molecular complexity index is 258. The quantitative estimate of drug-likeness (QED) is 0.426. The van der Waals surface area contributed by atoms with Gasteiger partial charge in [0.15, 0.2) is 6.29 Å². The minimum Gasteiger partial charge on any atom is -0.394 e. The van der Waals surface area contributed by atoms with Gasteiger partial charge in [0.1, 0.15) is 18.3 Å². The summed E-state index contributed by atoms with van der Waals surface area (Å²) in [5, 5.41) is 27.2. The maximum absolute atomic E-state index is 11.0. The molecule has 0 saturated carbocycles. The Morgan fingerprint density at radius 1 is 1.47 bits per heavy atom. The van der Waals surface area contributed by atoms with Gasteiger partial charge in [0.2, 0.25) is 0 Å². The number of rotatable bonds is 4. The molecule has 1 saturated heterocycles. The molecule has 0 amide bonds. The molecule has 1 unspecified atom stereocenters. The molecule has 1 rings (SSSR count). The molecule has 0 radical (unpaired) electrons. The van der Waals surface area contributed by atoms with Crippen LogP contribution in [0.5, 0.6) is 0 Å². The molecule has 1 aliphatic heterocycles. The van der Waals surface area contributed by atoms with Gasteiger partial charge in [0, 0.05) is 7.11 Å². The summed E-state index contributed by atoms with van der Waals surface area (Å²) < 4.78 is 24.4. The topological polar surface area (TPSA) is 126 Å². The van der Waals surface area contributed by atoms with Gasteiger partial charge < -0.3 is 24.9 Å². The van der Waals surface area contributed by atoms with Crippen LogP contribution in [-0.2, 0) is 18.3 Å². The maximum Gasteiger partial charge on any atom is 0.472 e. The third-order valence-corrected chi connectivity index (χ3v) is 2.95. The van der Waals surface area contributed by atoms with Crippen LogP contribution in [0.1, 0.15) is 0 Å². The van der Waals surface area contributed by atoms with Crippen LogP contribution in [0, 0.1) is 0 Å². The van der Waals surface area contributed by atoms with E-state index in [1.165, 1.54) is 0 Å². The van der Waals surface area contributed by atoms with Crippen LogP contribution in [0.4, 0.5) is 0 Å². The molecule has 0 aromatic carbocycles. The van der Waals surface area contributed by atoms with Crippen molar-refractivity contribution in [2.75, 3.05) is 13.7 Å². The first-order chi connectivity index (χ1) is 6.91. The van der Waals surface area contributed by atoms with Crippen molar-refractivity contribution in [2.45, 2.75) is 24.6 Å². The third kappa shape index (κ3) is 2.96. The van der Waals surface area contributed by atoms with Gasteiger partial charge >= 0.3 is 7.82 Å². The summed E-state index contributed by atoms with van der Waals surface area (Å²) in [4.78, 5) is 8.98. The number of aliphatic hydroxyl groups is 3. The van der Waals surface area contributed by atoms with E-state index in [-0.39, 0.29) is 0 Å². The zero-order valence-corrected chi connectivity index (χ0v) is 8.78. The van der Waals surface area contributed by atoms with Crippen molar-refractivity contribution >= 4 is 7.82 Å². The molecular weight excluding hydrogens is 231 g/mol. The minimum atomic E-state index is -4.30. The van der Waals surface area contributed by atoms with Gasteiger partial charge in [-0.3, -0.25) is 9.05 Å². The summed E-state index contributed by atoms with van der Waals surface area (Å²) >= 11 is 0. The van der Waals surface area contributed by atoms with Crippen LogP contribution in [0.2, 0.25) is 0 Å². The highest BCUT2D eigenvalue weighted by Gasteiger charge is 2.46. The lowest BCUT2D eigenvalue weighted by Crippen LogP contribution is -2.36. The van der Waals surface area contributed by atoms with Crippen molar-refractivity contribution in [3.8, 4) is 0 Å². The van der Waals surface area contributed by atoms with Crippen molar-refractivity contribution in [3.63, 3.8) is 0 Å². The molecule has 0 aromatic heterocycles. The Hall–Kier alpha value is -0.0500. The van der Waals surface area contributed by atoms with Crippen molar-refractivity contribution < 1.29 is 38.6 Å². The van der Waals surface area contributed by atoms with Crippen LogP contribution >= 0.6 is 7.82 Å². The molecule has 0 aromatic rings. The lowest BCUT2D eigenvalue weighted by molar-refractivity contribution is -0.132. The van der Waals surface area contributed by atoms with Gasteiger partial charge in [-0.05, 0) is 0 Å². The second-order valence-corrected chi connectivity index (χ2v) is 4.47. The van der Waals surface area contributed by atoms with Crippen molar-refractivity contribution in [3.05, 3.63) is 0 Å². The molecule has 8 nitrogen and oxygen atoms in total. The highest BCUT2D eigenvalue weighted by Crippen LogP contribution is 2.46. The van der Waals surface area contributed by atoms with E-state index >= 15 is 0 Å². The Morgan fingerprint density at radius 2 is 2.07 bits per heavy atom. The van der Waals surface area contributed by atoms with Gasteiger partial charge in [0.25, 0.3) is 0 Å². The minimum absolute atomic E-state index is 0.567. The van der Waals surface area contributed by atoms with E-state index in [1.54, 1.807) is 0 Å². The fourth-order valence-electron chi connectivity index (χ4n) is 1.19. The second-order valence-electron chi connectivity index (χ2n) is 2.96. The van der Waals surface area contributed by atoms with Gasteiger partial charge in [-0.15, -0.1) is 0 Å². The number of aliphatic hydroxyl groups excluding tert-OH is 3. The van der Waals surface area contributed by atoms with E-state index in [9.17, 15) is 9.67 Å². The summed E-state index contributed by atoms with van der Waals surface area (Å²) in [6, 6.07) is 0. The molecule has 5 atom stereocenters. The molecular formula is C6H13O8P. The fourth-order valence-corrected chi connectivity index (χ4v) is 1.85. The molecule has 0 aliphatic carbocycles. The lowest BCUT2D eigenvalue weighted by Gasteiger charge is -2.20. The summed E-state index contributed by atoms with van der Waals surface area (Å²) in [5.41, 5.74) is 0. The number of ether oxygens (including phenoxy) is 1. The average molecular weight is 244 g/mol. The molecule has 1 fully saturated rings. The van der Waals surface area contributed by atoms with E-state index in [4.69, 9.17) is 15.1 Å². The molecule has 4 N–H and O–H groups in total. The zero-order chi connectivity index (χ0) is 11.6. The van der Waals surface area contributed by atoms with Crippen LogP contribution in [0.25, 0.3) is 0 Å². The van der Waals surface area contributed by atoms with E-state index < -0.39 is 39.0 Å². The second kappa shape index (κ2) is 4.86. The van der Waals surface area contributed by atoms with E-state index in [2.05, 4.69) is 13.8 Å². The predicted octanol–water partition coefficient (Wildman–Crippen LogP) is -1.81. The first-order valence-electron chi connectivity index (χ1n) is 4.10. The van der Waals surface area contributed by atoms with Crippen molar-refractivity contribution in [1.82, 2.24) is 0 Å². The van der Waals surface area contributed by atoms with Crippen molar-refractivity contribution in [2.24, 2.45) is 0 Å². The molecule has 15 heavy (non-hydrogen) atoms. The van der Waals surface area contributed by atoms with E-state index in [0.717, 1.165) is 7.11 Å². The summed E-state index contributed by atoms with van der Waals surface area (Å²) in [6.45, 7) is -0.567. The first-order valence-corrected chi connectivity index (χ1v) is 5.60. The van der Waals surface area contributed by atoms with Gasteiger partial charge in [-0.25, -0.2) is 4.57 Å². The lowest BCUT2D eigenvalue weighted by atomic mass is 10.1. The largest absolute Gasteiger partial charge is 0.472 e. The predicted molar refractivity (Wildman–Crippen MR) is 45.7 cm³/mol. The monoisotopic (exact) mass is 244 g/mol. The van der Waals surface area contributed by atoms with Crippen LogP contribution in [-0.4, -0.2) is 58.5 Å². The Balaban J connectivity index is 2.70. The Labute approximate surface area is 85.6 Å². The van der Waals surface area contributed by atoms with Gasteiger partial charge in [-0.2, -0.15) is 0 Å². The fraction of sp³-hybridized carbons (Fsp3) is 1.00. The Kier molecular flexibility index (Phi) is 4.21. The third-order valence-electron chi connectivity index (χ3n) is 1.97. The van der Waals surface area contributed by atoms with E-state index in [1.807, 2.05) is 0 Å². The van der Waals surface area contributed by atoms with Gasteiger partial charge in [0.05, 0.1) is 6.61 Å².